The van der Waals surface area contributed by atoms with Gasteiger partial charge in [0, 0.05) is 17.6 Å². The number of halogens is 1. The second-order valence-corrected chi connectivity index (χ2v) is 6.75. The maximum absolute atomic E-state index is 12.7. The summed E-state index contributed by atoms with van der Waals surface area (Å²) in [4.78, 5) is 14.7. The summed E-state index contributed by atoms with van der Waals surface area (Å²) in [6.07, 6.45) is 3.89. The molecule has 0 aromatic heterocycles. The minimum absolute atomic E-state index is 0.0455. The molecule has 0 bridgehead atoms. The van der Waals surface area contributed by atoms with Crippen molar-refractivity contribution < 1.29 is 4.79 Å². The summed E-state index contributed by atoms with van der Waals surface area (Å²) in [7, 11) is 1.96. The molecule has 0 aliphatic carbocycles. The van der Waals surface area contributed by atoms with E-state index in [0.29, 0.717) is 6.42 Å². The number of likely N-dealkylation sites (N-methyl/N-ethyl adjacent to an activating group) is 1. The van der Waals surface area contributed by atoms with Crippen LogP contribution in [0.15, 0.2) is 28.7 Å². The number of nitrogens with one attached hydrogen (secondary N) is 1. The van der Waals surface area contributed by atoms with Crippen LogP contribution in [0.5, 0.6) is 0 Å². The lowest BCUT2D eigenvalue weighted by Gasteiger charge is -2.45. The van der Waals surface area contributed by atoms with E-state index in [1.54, 1.807) is 0 Å². The fourth-order valence-electron chi connectivity index (χ4n) is 3.09. The second kappa shape index (κ2) is 6.72. The Bertz CT molecular complexity index is 473. The average molecular weight is 339 g/mol. The van der Waals surface area contributed by atoms with Crippen LogP contribution in [0.3, 0.4) is 0 Å². The van der Waals surface area contributed by atoms with Crippen molar-refractivity contribution in [3.63, 3.8) is 0 Å². The van der Waals surface area contributed by atoms with Crippen LogP contribution in [0, 0.1) is 0 Å². The van der Waals surface area contributed by atoms with Crippen molar-refractivity contribution in [2.45, 2.75) is 38.1 Å². The summed E-state index contributed by atoms with van der Waals surface area (Å²) in [5.74, 6) is 0.237. The Balaban J connectivity index is 2.10. The molecule has 1 aliphatic heterocycles. The molecule has 1 amide bonds. The third kappa shape index (κ3) is 3.61. The van der Waals surface area contributed by atoms with Crippen LogP contribution >= 0.6 is 15.9 Å². The first kappa shape index (κ1) is 15.5. The fraction of sp³-hybridized carbons (Fsp3) is 0.562. The molecule has 2 rings (SSSR count). The summed E-state index contributed by atoms with van der Waals surface area (Å²) in [5, 5.41) is 3.23. The van der Waals surface area contributed by atoms with Crippen LogP contribution < -0.4 is 5.32 Å². The minimum atomic E-state index is -0.0455. The normalized spacial score (nSPS) is 22.9. The zero-order valence-corrected chi connectivity index (χ0v) is 13.9. The molecule has 1 heterocycles. The van der Waals surface area contributed by atoms with E-state index in [9.17, 15) is 4.79 Å². The van der Waals surface area contributed by atoms with Gasteiger partial charge in [0.05, 0.1) is 12.0 Å². The molecular formula is C16H23BrN2O. The molecule has 0 radical (unpaired) electrons. The van der Waals surface area contributed by atoms with Crippen molar-refractivity contribution >= 4 is 21.8 Å². The van der Waals surface area contributed by atoms with Crippen molar-refractivity contribution in [1.29, 1.82) is 0 Å². The van der Waals surface area contributed by atoms with E-state index in [4.69, 9.17) is 0 Å². The topological polar surface area (TPSA) is 32.3 Å². The lowest BCUT2D eigenvalue weighted by molar-refractivity contribution is -0.138. The first-order chi connectivity index (χ1) is 9.55. The van der Waals surface area contributed by atoms with Crippen LogP contribution in [0.1, 0.15) is 31.7 Å². The van der Waals surface area contributed by atoms with Gasteiger partial charge in [-0.05, 0) is 50.9 Å². The van der Waals surface area contributed by atoms with E-state index >= 15 is 0 Å². The van der Waals surface area contributed by atoms with Crippen LogP contribution in [-0.4, -0.2) is 36.5 Å². The minimum Gasteiger partial charge on any atom is -0.336 e. The lowest BCUT2D eigenvalue weighted by Crippen LogP contribution is -2.57. The molecule has 20 heavy (non-hydrogen) atoms. The molecule has 0 spiro atoms. The van der Waals surface area contributed by atoms with Gasteiger partial charge in [-0.3, -0.25) is 4.79 Å². The second-order valence-electron chi connectivity index (χ2n) is 5.84. The van der Waals surface area contributed by atoms with E-state index in [1.807, 2.05) is 31.3 Å². The summed E-state index contributed by atoms with van der Waals surface area (Å²) in [6.45, 7) is 3.93. The van der Waals surface area contributed by atoms with Gasteiger partial charge in [-0.2, -0.15) is 0 Å². The molecule has 1 aliphatic rings. The number of piperidine rings is 1. The summed E-state index contributed by atoms with van der Waals surface area (Å²) in [5.41, 5.74) is 1.03. The Morgan fingerprint density at radius 3 is 2.95 bits per heavy atom. The monoisotopic (exact) mass is 338 g/mol. The summed E-state index contributed by atoms with van der Waals surface area (Å²) in [6, 6.07) is 8.01. The van der Waals surface area contributed by atoms with Gasteiger partial charge in [0.1, 0.15) is 0 Å². The quantitative estimate of drug-likeness (QED) is 0.915. The highest BCUT2D eigenvalue weighted by atomic mass is 79.9. The standard InChI is InChI=1S/C16H23BrN2O/c1-16(12-18-2)8-3-4-9-19(16)15(20)11-13-6-5-7-14(17)10-13/h5-7,10,18H,3-4,8-9,11-12H2,1-2H3. The number of carbonyl (C=O) groups is 1. The van der Waals surface area contributed by atoms with E-state index in [2.05, 4.69) is 33.1 Å². The van der Waals surface area contributed by atoms with Gasteiger partial charge in [-0.15, -0.1) is 0 Å². The van der Waals surface area contributed by atoms with Gasteiger partial charge in [-0.25, -0.2) is 0 Å². The number of benzene rings is 1. The first-order valence-corrected chi connectivity index (χ1v) is 8.04. The SMILES string of the molecule is CNCC1(C)CCCCN1C(=O)Cc1cccc(Br)c1. The van der Waals surface area contributed by atoms with Crippen LogP contribution in [0.2, 0.25) is 0 Å². The largest absolute Gasteiger partial charge is 0.336 e. The molecule has 1 aromatic carbocycles. The number of nitrogens with zero attached hydrogens (tertiary/aromatic N) is 1. The number of hydrogen-bond donors (Lipinski definition) is 1. The maximum Gasteiger partial charge on any atom is 0.227 e. The Morgan fingerprint density at radius 1 is 1.45 bits per heavy atom. The van der Waals surface area contributed by atoms with Gasteiger partial charge in [0.15, 0.2) is 0 Å². The number of likely N-dealkylation sites (tertiary alicyclic amines) is 1. The number of amides is 1. The molecule has 1 N–H and O–H groups in total. The summed E-state index contributed by atoms with van der Waals surface area (Å²) >= 11 is 3.46. The molecule has 110 valence electrons. The number of carbonyl (C=O) groups excluding carboxylic acids is 1. The van der Waals surface area contributed by atoms with Gasteiger partial charge < -0.3 is 10.2 Å². The van der Waals surface area contributed by atoms with E-state index < -0.39 is 0 Å². The first-order valence-electron chi connectivity index (χ1n) is 7.25. The zero-order valence-electron chi connectivity index (χ0n) is 12.3. The molecule has 1 fully saturated rings. The van der Waals surface area contributed by atoms with Crippen molar-refractivity contribution in [3.05, 3.63) is 34.3 Å². The Hall–Kier alpha value is -0.870. The van der Waals surface area contributed by atoms with E-state index in [1.165, 1.54) is 6.42 Å². The molecule has 3 nitrogen and oxygen atoms in total. The molecule has 1 unspecified atom stereocenters. The van der Waals surface area contributed by atoms with Crippen LogP contribution in [0.25, 0.3) is 0 Å². The smallest absolute Gasteiger partial charge is 0.227 e. The fourth-order valence-corrected chi connectivity index (χ4v) is 3.53. The Labute approximate surface area is 129 Å². The average Bonchev–Trinajstić information content (AvgIpc) is 2.39. The third-order valence-electron chi connectivity index (χ3n) is 4.10. The predicted molar refractivity (Wildman–Crippen MR) is 85.7 cm³/mol. The molecule has 4 heteroatoms. The highest BCUT2D eigenvalue weighted by Gasteiger charge is 2.36. The molecular weight excluding hydrogens is 316 g/mol. The Kier molecular flexibility index (Phi) is 5.22. The van der Waals surface area contributed by atoms with E-state index in [-0.39, 0.29) is 11.4 Å². The van der Waals surface area contributed by atoms with Gasteiger partial charge in [-0.1, -0.05) is 28.1 Å². The predicted octanol–water partition coefficient (Wildman–Crippen LogP) is 2.98. The third-order valence-corrected chi connectivity index (χ3v) is 4.60. The van der Waals surface area contributed by atoms with Crippen LogP contribution in [-0.2, 0) is 11.2 Å². The number of rotatable bonds is 4. The van der Waals surface area contributed by atoms with Crippen molar-refractivity contribution in [3.8, 4) is 0 Å². The van der Waals surface area contributed by atoms with Crippen LogP contribution in [0.4, 0.5) is 0 Å². The zero-order chi connectivity index (χ0) is 14.6. The van der Waals surface area contributed by atoms with Gasteiger partial charge in [0.25, 0.3) is 0 Å². The van der Waals surface area contributed by atoms with Crippen molar-refractivity contribution in [2.24, 2.45) is 0 Å². The highest BCUT2D eigenvalue weighted by Crippen LogP contribution is 2.28. The molecule has 1 aromatic rings. The van der Waals surface area contributed by atoms with Crippen molar-refractivity contribution in [1.82, 2.24) is 10.2 Å². The number of hydrogen-bond acceptors (Lipinski definition) is 2. The van der Waals surface area contributed by atoms with Crippen molar-refractivity contribution in [2.75, 3.05) is 20.1 Å². The molecule has 1 saturated heterocycles. The summed E-state index contributed by atoms with van der Waals surface area (Å²) < 4.78 is 1.03. The van der Waals surface area contributed by atoms with Gasteiger partial charge in [0.2, 0.25) is 5.91 Å². The molecule has 0 saturated carbocycles. The highest BCUT2D eigenvalue weighted by molar-refractivity contribution is 9.10. The lowest BCUT2D eigenvalue weighted by atomic mass is 9.87. The van der Waals surface area contributed by atoms with Gasteiger partial charge >= 0.3 is 0 Å². The maximum atomic E-state index is 12.7. The Morgan fingerprint density at radius 2 is 2.25 bits per heavy atom. The van der Waals surface area contributed by atoms with E-state index in [0.717, 1.165) is 36.0 Å². The molecule has 1 atom stereocenters.